The number of rotatable bonds is 5. The van der Waals surface area contributed by atoms with E-state index in [0.717, 1.165) is 11.8 Å². The van der Waals surface area contributed by atoms with Gasteiger partial charge in [-0.25, -0.2) is 9.97 Å². The number of nitriles is 1. The van der Waals surface area contributed by atoms with E-state index in [9.17, 15) is 18.0 Å². The van der Waals surface area contributed by atoms with Gasteiger partial charge in [-0.2, -0.15) is 18.4 Å². The largest absolute Gasteiger partial charge is 0.451 e. The van der Waals surface area contributed by atoms with E-state index in [4.69, 9.17) is 5.26 Å². The van der Waals surface area contributed by atoms with Crippen LogP contribution in [0.4, 0.5) is 13.2 Å². The van der Waals surface area contributed by atoms with Crippen molar-refractivity contribution < 1.29 is 18.0 Å². The Labute approximate surface area is 133 Å². The van der Waals surface area contributed by atoms with Crippen molar-refractivity contribution in [1.29, 1.82) is 5.26 Å². The van der Waals surface area contributed by atoms with Gasteiger partial charge in [0.2, 0.25) is 11.7 Å². The van der Waals surface area contributed by atoms with Crippen molar-refractivity contribution in [2.24, 2.45) is 0 Å². The zero-order valence-corrected chi connectivity index (χ0v) is 12.5. The van der Waals surface area contributed by atoms with Crippen molar-refractivity contribution in [3.63, 3.8) is 0 Å². The molecule has 1 aromatic heterocycles. The van der Waals surface area contributed by atoms with Crippen molar-refractivity contribution in [3.8, 4) is 6.07 Å². The third-order valence-electron chi connectivity index (χ3n) is 2.72. The third-order valence-corrected chi connectivity index (χ3v) is 3.71. The summed E-state index contributed by atoms with van der Waals surface area (Å²) < 4.78 is 38.6. The molecule has 0 atom stereocenters. The normalized spacial score (nSPS) is 11.2. The average molecular weight is 340 g/mol. The summed E-state index contributed by atoms with van der Waals surface area (Å²) in [5.41, 5.74) is 0.169. The van der Waals surface area contributed by atoms with Gasteiger partial charge >= 0.3 is 6.18 Å². The molecule has 0 radical (unpaired) electrons. The van der Waals surface area contributed by atoms with E-state index in [1.54, 1.807) is 18.2 Å². The fourth-order valence-corrected chi connectivity index (χ4v) is 2.58. The summed E-state index contributed by atoms with van der Waals surface area (Å²) in [6.07, 6.45) is -4.49. The lowest BCUT2D eigenvalue weighted by Gasteiger charge is -2.10. The first-order valence-electron chi connectivity index (χ1n) is 6.52. The number of aromatic nitrogens is 2. The van der Waals surface area contributed by atoms with Crippen LogP contribution in [0.2, 0.25) is 0 Å². The number of carbonyl (C=O) groups is 1. The first-order chi connectivity index (χ1) is 10.9. The van der Waals surface area contributed by atoms with Gasteiger partial charge in [-0.1, -0.05) is 30.0 Å². The number of amides is 1. The molecule has 0 aliphatic carbocycles. The molecule has 1 aromatic carbocycles. The monoisotopic (exact) mass is 340 g/mol. The highest BCUT2D eigenvalue weighted by Crippen LogP contribution is 2.31. The highest BCUT2D eigenvalue weighted by atomic mass is 32.2. The van der Waals surface area contributed by atoms with E-state index in [-0.39, 0.29) is 35.2 Å². The quantitative estimate of drug-likeness (QED) is 0.514. The summed E-state index contributed by atoms with van der Waals surface area (Å²) in [5, 5.41) is 11.4. The molecule has 1 N–H and O–H groups in total. The molecule has 0 fully saturated rings. The van der Waals surface area contributed by atoms with Crippen LogP contribution in [0.5, 0.6) is 0 Å². The topological polar surface area (TPSA) is 78.7 Å². The minimum atomic E-state index is -4.66. The number of nitrogens with one attached hydrogen (secondary N) is 1. The Morgan fingerprint density at radius 3 is 2.74 bits per heavy atom. The molecule has 0 aliphatic rings. The van der Waals surface area contributed by atoms with Crippen LogP contribution in [0.15, 0.2) is 29.3 Å². The molecule has 1 amide bonds. The van der Waals surface area contributed by atoms with Crippen LogP contribution in [-0.4, -0.2) is 28.2 Å². The maximum atomic E-state index is 12.9. The summed E-state index contributed by atoms with van der Waals surface area (Å²) in [6.45, 7) is 0.203. The fraction of sp³-hybridized carbons (Fsp3) is 0.286. The van der Waals surface area contributed by atoms with Crippen molar-refractivity contribution in [3.05, 3.63) is 30.1 Å². The highest BCUT2D eigenvalue weighted by Gasteiger charge is 2.35. The van der Waals surface area contributed by atoms with Gasteiger partial charge in [0.15, 0.2) is 0 Å². The average Bonchev–Trinajstić information content (AvgIpc) is 2.51. The van der Waals surface area contributed by atoms with E-state index in [1.165, 1.54) is 6.07 Å². The van der Waals surface area contributed by atoms with Crippen LogP contribution in [0.25, 0.3) is 10.9 Å². The number of benzene rings is 1. The molecule has 120 valence electrons. The van der Waals surface area contributed by atoms with E-state index in [1.807, 2.05) is 6.07 Å². The lowest BCUT2D eigenvalue weighted by molar-refractivity contribution is -0.145. The van der Waals surface area contributed by atoms with E-state index < -0.39 is 12.0 Å². The van der Waals surface area contributed by atoms with Crippen LogP contribution >= 0.6 is 11.8 Å². The Balaban J connectivity index is 2.22. The van der Waals surface area contributed by atoms with Gasteiger partial charge in [0, 0.05) is 11.9 Å². The second-order valence-corrected chi connectivity index (χ2v) is 5.38. The Bertz CT molecular complexity index is 758. The minimum Gasteiger partial charge on any atom is -0.354 e. The van der Waals surface area contributed by atoms with Crippen molar-refractivity contribution >= 4 is 28.6 Å². The Morgan fingerprint density at radius 2 is 2.04 bits per heavy atom. The molecule has 1 heterocycles. The Morgan fingerprint density at radius 1 is 1.30 bits per heavy atom. The number of hydrogen-bond donors (Lipinski definition) is 1. The van der Waals surface area contributed by atoms with Crippen molar-refractivity contribution in [2.75, 3.05) is 12.3 Å². The van der Waals surface area contributed by atoms with Gasteiger partial charge in [-0.3, -0.25) is 4.79 Å². The van der Waals surface area contributed by atoms with Crippen LogP contribution in [-0.2, 0) is 11.0 Å². The van der Waals surface area contributed by atoms with Crippen LogP contribution in [0.3, 0.4) is 0 Å². The molecule has 0 saturated heterocycles. The Hall–Kier alpha value is -2.34. The summed E-state index contributed by atoms with van der Waals surface area (Å²) in [7, 11) is 0. The lowest BCUT2D eigenvalue weighted by atomic mass is 10.2. The molecule has 0 aliphatic heterocycles. The summed E-state index contributed by atoms with van der Waals surface area (Å²) in [4.78, 5) is 18.6. The van der Waals surface area contributed by atoms with E-state index in [2.05, 4.69) is 15.3 Å². The van der Waals surface area contributed by atoms with Crippen LogP contribution in [0, 0.1) is 11.3 Å². The maximum absolute atomic E-state index is 12.9. The minimum absolute atomic E-state index is 0.0935. The van der Waals surface area contributed by atoms with Gasteiger partial charge in [-0.15, -0.1) is 0 Å². The number of thioether (sulfide) groups is 1. The van der Waals surface area contributed by atoms with E-state index >= 15 is 0 Å². The number of nitrogens with zero attached hydrogens (tertiary/aromatic N) is 3. The molecule has 5 nitrogen and oxygen atoms in total. The van der Waals surface area contributed by atoms with Crippen LogP contribution < -0.4 is 5.32 Å². The summed E-state index contributed by atoms with van der Waals surface area (Å²) >= 11 is 0.900. The molecule has 0 saturated carbocycles. The molecule has 2 aromatic rings. The van der Waals surface area contributed by atoms with Crippen molar-refractivity contribution in [1.82, 2.24) is 15.3 Å². The lowest BCUT2D eigenvalue weighted by Crippen LogP contribution is -2.26. The first-order valence-corrected chi connectivity index (χ1v) is 7.51. The Kier molecular flexibility index (Phi) is 5.39. The second-order valence-electron chi connectivity index (χ2n) is 4.41. The highest BCUT2D eigenvalue weighted by molar-refractivity contribution is 8.00. The SMILES string of the molecule is N#CCCNC(=O)CSc1nc(C(F)(F)F)nc2ccccc12. The maximum Gasteiger partial charge on any atom is 0.451 e. The smallest absolute Gasteiger partial charge is 0.354 e. The standard InChI is InChI=1S/C14H11F3N4OS/c15-14(16,17)13-20-10-5-2-1-4-9(10)12(21-13)23-8-11(22)19-7-3-6-18/h1-2,4-5H,3,7-8H2,(H,19,22). The van der Waals surface area contributed by atoms with Gasteiger partial charge in [0.25, 0.3) is 0 Å². The molecule has 9 heteroatoms. The van der Waals surface area contributed by atoms with Crippen molar-refractivity contribution in [2.45, 2.75) is 17.6 Å². The molecule has 0 spiro atoms. The van der Waals surface area contributed by atoms with Crippen LogP contribution in [0.1, 0.15) is 12.2 Å². The predicted octanol–water partition coefficient (Wildman–Crippen LogP) is 2.77. The third kappa shape index (κ3) is 4.56. The fourth-order valence-electron chi connectivity index (χ4n) is 1.73. The predicted molar refractivity (Wildman–Crippen MR) is 78.5 cm³/mol. The number of fused-ring (bicyclic) bond motifs is 1. The number of alkyl halides is 3. The molecule has 2 rings (SSSR count). The van der Waals surface area contributed by atoms with E-state index in [0.29, 0.717) is 5.39 Å². The summed E-state index contributed by atoms with van der Waals surface area (Å²) in [6, 6.07) is 8.19. The first kappa shape index (κ1) is 17.0. The molecule has 0 unspecified atom stereocenters. The van der Waals surface area contributed by atoms with Gasteiger partial charge in [0.1, 0.15) is 5.03 Å². The number of para-hydroxylation sites is 1. The van der Waals surface area contributed by atoms with Gasteiger partial charge < -0.3 is 5.32 Å². The molecular weight excluding hydrogens is 329 g/mol. The zero-order valence-electron chi connectivity index (χ0n) is 11.7. The zero-order chi connectivity index (χ0) is 16.9. The number of halogens is 3. The molecular formula is C14H11F3N4OS. The second kappa shape index (κ2) is 7.28. The summed E-state index contributed by atoms with van der Waals surface area (Å²) in [5.74, 6) is -1.70. The number of hydrogen-bond acceptors (Lipinski definition) is 5. The van der Waals surface area contributed by atoms with Gasteiger partial charge in [0.05, 0.1) is 23.8 Å². The number of carbonyl (C=O) groups excluding carboxylic acids is 1. The van der Waals surface area contributed by atoms with Gasteiger partial charge in [-0.05, 0) is 6.07 Å². The molecule has 0 bridgehead atoms. The molecule has 23 heavy (non-hydrogen) atoms.